The number of carbonyl (C=O) groups excluding carboxylic acids is 2. The van der Waals surface area contributed by atoms with Crippen LogP contribution >= 0.6 is 0 Å². The lowest BCUT2D eigenvalue weighted by Gasteiger charge is -2.31. The molecule has 32 heavy (non-hydrogen) atoms. The van der Waals surface area contributed by atoms with Crippen molar-refractivity contribution in [1.82, 2.24) is 4.98 Å². The molecule has 0 radical (unpaired) electrons. The van der Waals surface area contributed by atoms with E-state index in [0.717, 1.165) is 11.8 Å². The van der Waals surface area contributed by atoms with E-state index >= 15 is 0 Å². The van der Waals surface area contributed by atoms with Gasteiger partial charge >= 0.3 is 0 Å². The largest absolute Gasteiger partial charge is 0.347 e. The Kier molecular flexibility index (Phi) is 5.55. The monoisotopic (exact) mass is 448 g/mol. The zero-order valence-corrected chi connectivity index (χ0v) is 18.0. The van der Waals surface area contributed by atoms with Crippen LogP contribution in [-0.4, -0.2) is 37.9 Å². The van der Waals surface area contributed by atoms with Crippen molar-refractivity contribution in [3.63, 3.8) is 0 Å². The molecule has 2 heterocycles. The number of fused-ring (bicyclic) bond motifs is 1. The van der Waals surface area contributed by atoms with Gasteiger partial charge in [0.05, 0.1) is 23.5 Å². The summed E-state index contributed by atoms with van der Waals surface area (Å²) in [6, 6.07) is 17.2. The highest BCUT2D eigenvalue weighted by Gasteiger charge is 2.41. The fourth-order valence-electron chi connectivity index (χ4n) is 3.82. The molecule has 0 saturated carbocycles. The Morgan fingerprint density at radius 1 is 1.12 bits per heavy atom. The van der Waals surface area contributed by atoms with Gasteiger partial charge < -0.3 is 4.98 Å². The molecule has 0 spiro atoms. The van der Waals surface area contributed by atoms with Crippen LogP contribution < -0.4 is 9.62 Å². The first kappa shape index (κ1) is 21.3. The number of anilines is 2. The quantitative estimate of drug-likeness (QED) is 0.561. The lowest BCUT2D eigenvalue weighted by molar-refractivity contribution is -0.119. The van der Waals surface area contributed by atoms with Gasteiger partial charge in [0, 0.05) is 18.4 Å². The van der Waals surface area contributed by atoms with Crippen LogP contribution in [0.5, 0.6) is 0 Å². The molecule has 1 atom stereocenters. The zero-order valence-electron chi connectivity index (χ0n) is 17.2. The molecule has 1 aliphatic rings. The van der Waals surface area contributed by atoms with Gasteiger partial charge in [-0.2, -0.15) is 5.26 Å². The molecule has 1 unspecified atom stereocenters. The number of Topliss-reactive ketones (excluding diaryl/α,β-unsaturated/α-hetero) is 1. The van der Waals surface area contributed by atoms with Crippen molar-refractivity contribution in [2.75, 3.05) is 22.4 Å². The Morgan fingerprint density at radius 3 is 2.56 bits per heavy atom. The number of aromatic amines is 1. The minimum Gasteiger partial charge on any atom is -0.347 e. The van der Waals surface area contributed by atoms with Gasteiger partial charge in [-0.1, -0.05) is 24.3 Å². The van der Waals surface area contributed by atoms with Crippen molar-refractivity contribution < 1.29 is 18.0 Å². The summed E-state index contributed by atoms with van der Waals surface area (Å²) in [6.45, 7) is 0.337. The fraction of sp³-hybridized carbons (Fsp3) is 0.174. The maximum atomic E-state index is 13.4. The number of rotatable bonds is 6. The highest BCUT2D eigenvalue weighted by atomic mass is 32.2. The third-order valence-corrected chi connectivity index (χ3v) is 5.87. The minimum atomic E-state index is -3.50. The van der Waals surface area contributed by atoms with Crippen LogP contribution in [0.3, 0.4) is 0 Å². The molecule has 1 aromatic heterocycles. The molecule has 0 aliphatic carbocycles. The van der Waals surface area contributed by atoms with Crippen LogP contribution in [0.25, 0.3) is 0 Å². The Morgan fingerprint density at radius 2 is 1.88 bits per heavy atom. The molecule has 0 bridgehead atoms. The number of hydrogen-bond acceptors (Lipinski definition) is 5. The number of hydrogen-bond donors (Lipinski definition) is 2. The molecular weight excluding hydrogens is 428 g/mol. The van der Waals surface area contributed by atoms with E-state index in [2.05, 4.69) is 15.8 Å². The Labute approximate surface area is 185 Å². The third-order valence-electron chi connectivity index (χ3n) is 5.27. The second-order valence-corrected chi connectivity index (χ2v) is 9.33. The maximum absolute atomic E-state index is 13.4. The first-order valence-corrected chi connectivity index (χ1v) is 11.8. The van der Waals surface area contributed by atoms with Crippen LogP contribution in [0.1, 0.15) is 33.0 Å². The van der Waals surface area contributed by atoms with Gasteiger partial charge in [-0.15, -0.1) is 0 Å². The number of nitrogens with zero attached hydrogens (tertiary/aromatic N) is 2. The Bertz CT molecular complexity index is 1340. The Hall–Kier alpha value is -3.90. The number of carbonyl (C=O) groups is 2. The van der Waals surface area contributed by atoms with Crippen molar-refractivity contribution >= 4 is 33.2 Å². The maximum Gasteiger partial charge on any atom is 0.243 e. The molecule has 2 aromatic carbocycles. The number of aromatic nitrogens is 1. The summed E-state index contributed by atoms with van der Waals surface area (Å²) >= 11 is 0. The van der Waals surface area contributed by atoms with Crippen molar-refractivity contribution in [2.24, 2.45) is 0 Å². The summed E-state index contributed by atoms with van der Waals surface area (Å²) in [5.74, 6) is -1.33. The summed E-state index contributed by atoms with van der Waals surface area (Å²) in [4.78, 5) is 31.1. The zero-order chi connectivity index (χ0) is 22.9. The molecule has 1 amide bonds. The first-order chi connectivity index (χ1) is 15.3. The molecule has 4 rings (SSSR count). The number of H-pyrrole nitrogens is 1. The van der Waals surface area contributed by atoms with Crippen LogP contribution in [0.2, 0.25) is 0 Å². The number of sulfonamides is 1. The van der Waals surface area contributed by atoms with Crippen molar-refractivity contribution in [2.45, 2.75) is 12.3 Å². The molecule has 9 heteroatoms. The highest BCUT2D eigenvalue weighted by molar-refractivity contribution is 7.92. The molecule has 3 aromatic rings. The Balaban J connectivity index is 1.64. The summed E-state index contributed by atoms with van der Waals surface area (Å²) < 4.78 is 25.5. The average Bonchev–Trinajstić information content (AvgIpc) is 3.23. The number of nitrogens with one attached hydrogen (secondary N) is 2. The van der Waals surface area contributed by atoms with Crippen molar-refractivity contribution in [3.05, 3.63) is 83.0 Å². The van der Waals surface area contributed by atoms with E-state index in [0.29, 0.717) is 35.5 Å². The summed E-state index contributed by atoms with van der Waals surface area (Å²) in [7, 11) is -3.50. The van der Waals surface area contributed by atoms with Gasteiger partial charge in [-0.25, -0.2) is 8.42 Å². The predicted molar refractivity (Wildman–Crippen MR) is 120 cm³/mol. The predicted octanol–water partition coefficient (Wildman–Crippen LogP) is 2.81. The molecule has 2 N–H and O–H groups in total. The number of amides is 1. The molecule has 0 fully saturated rings. The summed E-state index contributed by atoms with van der Waals surface area (Å²) in [6.07, 6.45) is 3.19. The first-order valence-electron chi connectivity index (χ1n) is 9.86. The number of nitriles is 1. The highest BCUT2D eigenvalue weighted by Crippen LogP contribution is 2.35. The van der Waals surface area contributed by atoms with Gasteiger partial charge in [0.15, 0.2) is 5.78 Å². The average molecular weight is 449 g/mol. The van der Waals surface area contributed by atoms with Gasteiger partial charge in [0.25, 0.3) is 0 Å². The van der Waals surface area contributed by atoms with E-state index < -0.39 is 15.9 Å². The van der Waals surface area contributed by atoms with Gasteiger partial charge in [-0.05, 0) is 47.9 Å². The minimum absolute atomic E-state index is 0.287. The molecule has 162 valence electrons. The van der Waals surface area contributed by atoms with Crippen molar-refractivity contribution in [3.8, 4) is 6.07 Å². The second kappa shape index (κ2) is 8.32. The van der Waals surface area contributed by atoms with Gasteiger partial charge in [-0.3, -0.25) is 19.2 Å². The smallest absolute Gasteiger partial charge is 0.243 e. The summed E-state index contributed by atoms with van der Waals surface area (Å²) in [5, 5.41) is 8.95. The van der Waals surface area contributed by atoms with Crippen LogP contribution in [-0.2, 0) is 21.2 Å². The number of ketones is 1. The van der Waals surface area contributed by atoms with Crippen molar-refractivity contribution in [1.29, 1.82) is 5.26 Å². The topological polar surface area (TPSA) is 123 Å². The van der Waals surface area contributed by atoms with E-state index in [1.165, 1.54) is 6.07 Å². The second-order valence-electron chi connectivity index (χ2n) is 7.59. The van der Waals surface area contributed by atoms with Crippen LogP contribution in [0.15, 0.2) is 60.8 Å². The van der Waals surface area contributed by atoms with E-state index in [9.17, 15) is 18.0 Å². The number of benzene rings is 2. The fourth-order valence-corrected chi connectivity index (χ4v) is 4.37. The van der Waals surface area contributed by atoms with Gasteiger partial charge in [0.1, 0.15) is 11.7 Å². The van der Waals surface area contributed by atoms with E-state index in [1.54, 1.807) is 47.5 Å². The van der Waals surface area contributed by atoms with E-state index in [4.69, 9.17) is 5.26 Å². The van der Waals surface area contributed by atoms with Crippen LogP contribution in [0, 0.1) is 11.3 Å². The third kappa shape index (κ3) is 4.26. The normalized spacial score (nSPS) is 15.9. The van der Waals surface area contributed by atoms with E-state index in [-0.39, 0.29) is 17.4 Å². The SMILES string of the molecule is CS(=O)(=O)Nc1cccc(C2C(=O)c3cc[nH]c3N(CCc3ccc(C#N)cc3)C2=O)c1. The summed E-state index contributed by atoms with van der Waals surface area (Å²) in [5.41, 5.74) is 2.63. The van der Waals surface area contributed by atoms with Crippen LogP contribution in [0.4, 0.5) is 11.5 Å². The standard InChI is InChI=1S/C23H20N4O4S/c1-32(30,31)26-18-4-2-3-17(13-18)20-21(28)19-9-11-25-22(19)27(23(20)29)12-10-15-5-7-16(14-24)8-6-15/h2-9,11,13,20,25-26H,10,12H2,1H3. The lowest BCUT2D eigenvalue weighted by atomic mass is 9.86. The van der Waals surface area contributed by atoms with E-state index in [1.807, 2.05) is 12.1 Å². The molecule has 0 saturated heterocycles. The lowest BCUT2D eigenvalue weighted by Crippen LogP contribution is -2.44. The van der Waals surface area contributed by atoms with Gasteiger partial charge in [0.2, 0.25) is 15.9 Å². The molecule has 1 aliphatic heterocycles. The molecular formula is C23H20N4O4S. The molecule has 8 nitrogen and oxygen atoms in total.